The maximum absolute atomic E-state index is 12.5. The summed E-state index contributed by atoms with van der Waals surface area (Å²) in [5.74, 6) is 0.359. The topological polar surface area (TPSA) is 43.9 Å². The van der Waals surface area contributed by atoms with Gasteiger partial charge >= 0.3 is 0 Å². The Balaban J connectivity index is 1.63. The van der Waals surface area contributed by atoms with Crippen molar-refractivity contribution >= 4 is 23.2 Å². The molecule has 0 unspecified atom stereocenters. The number of likely N-dealkylation sites (N-methyl/N-ethyl adjacent to an activating group) is 1. The van der Waals surface area contributed by atoms with E-state index in [2.05, 4.69) is 4.90 Å². The Labute approximate surface area is 135 Å². The fraction of sp³-hybridized carbons (Fsp3) is 0.625. The summed E-state index contributed by atoms with van der Waals surface area (Å²) in [5, 5.41) is 4.02. The van der Waals surface area contributed by atoms with Crippen LogP contribution in [0.25, 0.3) is 0 Å². The van der Waals surface area contributed by atoms with Crippen molar-refractivity contribution in [3.8, 4) is 0 Å². The molecular weight excluding hydrogens is 298 g/mol. The standard InChI is InChI=1S/C16H23N3O2S/c1-17(2)6-7-19-13-3-5-18(14(13)10-16(19)21)15(20)9-12-4-8-22-11-12/h4,8,11,13-14H,3,5-7,9-10H2,1-2H3/t13-,14+/m0/s1. The Morgan fingerprint density at radius 1 is 1.41 bits per heavy atom. The lowest BCUT2D eigenvalue weighted by atomic mass is 10.1. The van der Waals surface area contributed by atoms with Crippen LogP contribution in [0.4, 0.5) is 0 Å². The van der Waals surface area contributed by atoms with Crippen molar-refractivity contribution in [2.75, 3.05) is 33.7 Å². The number of carbonyl (C=O) groups is 2. The number of rotatable bonds is 5. The molecule has 3 heterocycles. The summed E-state index contributed by atoms with van der Waals surface area (Å²) in [4.78, 5) is 30.8. The third-order valence-electron chi connectivity index (χ3n) is 4.66. The van der Waals surface area contributed by atoms with Gasteiger partial charge in [0.2, 0.25) is 11.8 Å². The van der Waals surface area contributed by atoms with E-state index in [0.717, 1.165) is 31.6 Å². The quantitative estimate of drug-likeness (QED) is 0.814. The van der Waals surface area contributed by atoms with Gasteiger partial charge in [0.05, 0.1) is 18.5 Å². The highest BCUT2D eigenvalue weighted by Gasteiger charge is 2.47. The third-order valence-corrected chi connectivity index (χ3v) is 5.39. The lowest BCUT2D eigenvalue weighted by Gasteiger charge is -2.26. The summed E-state index contributed by atoms with van der Waals surface area (Å²) in [7, 11) is 4.03. The minimum Gasteiger partial charge on any atom is -0.337 e. The van der Waals surface area contributed by atoms with Crippen LogP contribution in [0.1, 0.15) is 18.4 Å². The number of hydrogen-bond acceptors (Lipinski definition) is 4. The van der Waals surface area contributed by atoms with Crippen molar-refractivity contribution in [3.63, 3.8) is 0 Å². The van der Waals surface area contributed by atoms with Crippen LogP contribution in [0.2, 0.25) is 0 Å². The van der Waals surface area contributed by atoms with E-state index in [1.807, 2.05) is 40.7 Å². The molecule has 0 N–H and O–H groups in total. The summed E-state index contributed by atoms with van der Waals surface area (Å²) in [5.41, 5.74) is 1.08. The van der Waals surface area contributed by atoms with E-state index in [4.69, 9.17) is 0 Å². The van der Waals surface area contributed by atoms with Crippen LogP contribution in [0.5, 0.6) is 0 Å². The predicted octanol–water partition coefficient (Wildman–Crippen LogP) is 1.05. The largest absolute Gasteiger partial charge is 0.337 e. The highest BCUT2D eigenvalue weighted by atomic mass is 32.1. The Bertz CT molecular complexity index is 544. The number of carbonyl (C=O) groups excluding carboxylic acids is 2. The van der Waals surface area contributed by atoms with Gasteiger partial charge in [0.25, 0.3) is 0 Å². The van der Waals surface area contributed by atoms with Crippen molar-refractivity contribution in [2.45, 2.75) is 31.3 Å². The molecule has 2 fully saturated rings. The van der Waals surface area contributed by atoms with Crippen LogP contribution in [-0.4, -0.2) is 72.3 Å². The second-order valence-electron chi connectivity index (χ2n) is 6.41. The van der Waals surface area contributed by atoms with Crippen molar-refractivity contribution in [1.29, 1.82) is 0 Å². The number of likely N-dealkylation sites (tertiary alicyclic amines) is 2. The van der Waals surface area contributed by atoms with Gasteiger partial charge in [0.1, 0.15) is 0 Å². The minimum atomic E-state index is 0.0841. The zero-order chi connectivity index (χ0) is 15.7. The van der Waals surface area contributed by atoms with Crippen molar-refractivity contribution in [2.24, 2.45) is 0 Å². The van der Waals surface area contributed by atoms with Crippen LogP contribution in [0.3, 0.4) is 0 Å². The molecule has 2 aliphatic heterocycles. The monoisotopic (exact) mass is 321 g/mol. The molecule has 1 aromatic heterocycles. The number of amides is 2. The Morgan fingerprint density at radius 2 is 2.23 bits per heavy atom. The molecule has 0 aliphatic carbocycles. The summed E-state index contributed by atoms with van der Waals surface area (Å²) < 4.78 is 0. The van der Waals surface area contributed by atoms with Gasteiger partial charge in [-0.1, -0.05) is 0 Å². The molecule has 5 nitrogen and oxygen atoms in total. The molecular formula is C16H23N3O2S. The van der Waals surface area contributed by atoms with E-state index in [9.17, 15) is 9.59 Å². The van der Waals surface area contributed by atoms with Crippen molar-refractivity contribution < 1.29 is 9.59 Å². The zero-order valence-electron chi connectivity index (χ0n) is 13.2. The average Bonchev–Trinajstić information content (AvgIpc) is 3.13. The molecule has 0 radical (unpaired) electrons. The second kappa shape index (κ2) is 6.38. The van der Waals surface area contributed by atoms with Gasteiger partial charge in [-0.3, -0.25) is 9.59 Å². The molecule has 2 aliphatic rings. The second-order valence-corrected chi connectivity index (χ2v) is 7.19. The van der Waals surface area contributed by atoms with Crippen LogP contribution < -0.4 is 0 Å². The maximum Gasteiger partial charge on any atom is 0.227 e. The smallest absolute Gasteiger partial charge is 0.227 e. The molecule has 2 atom stereocenters. The van der Waals surface area contributed by atoms with E-state index in [0.29, 0.717) is 12.8 Å². The molecule has 0 aromatic carbocycles. The van der Waals surface area contributed by atoms with Crippen LogP contribution in [-0.2, 0) is 16.0 Å². The zero-order valence-corrected chi connectivity index (χ0v) is 14.0. The lowest BCUT2D eigenvalue weighted by molar-refractivity contribution is -0.131. The van der Waals surface area contributed by atoms with Crippen molar-refractivity contribution in [1.82, 2.24) is 14.7 Å². The number of hydrogen-bond donors (Lipinski definition) is 0. The Hall–Kier alpha value is -1.40. The van der Waals surface area contributed by atoms with Gasteiger partial charge in [-0.2, -0.15) is 11.3 Å². The molecule has 0 spiro atoms. The first kappa shape index (κ1) is 15.5. The van der Waals surface area contributed by atoms with E-state index < -0.39 is 0 Å². The van der Waals surface area contributed by atoms with Crippen molar-refractivity contribution in [3.05, 3.63) is 22.4 Å². The first-order valence-corrected chi connectivity index (χ1v) is 8.75. The molecule has 1 aromatic rings. The first-order chi connectivity index (χ1) is 10.6. The molecule has 22 heavy (non-hydrogen) atoms. The summed E-state index contributed by atoms with van der Waals surface area (Å²) in [6.07, 6.45) is 1.87. The highest BCUT2D eigenvalue weighted by molar-refractivity contribution is 7.08. The van der Waals surface area contributed by atoms with Gasteiger partial charge < -0.3 is 14.7 Å². The average molecular weight is 321 g/mol. The van der Waals surface area contributed by atoms with Gasteiger partial charge in [-0.25, -0.2) is 0 Å². The first-order valence-electron chi connectivity index (χ1n) is 7.81. The molecule has 0 bridgehead atoms. The van der Waals surface area contributed by atoms with Gasteiger partial charge in [-0.15, -0.1) is 0 Å². The van der Waals surface area contributed by atoms with Gasteiger partial charge in [0.15, 0.2) is 0 Å². The maximum atomic E-state index is 12.5. The number of fused-ring (bicyclic) bond motifs is 1. The summed E-state index contributed by atoms with van der Waals surface area (Å²) >= 11 is 1.62. The lowest BCUT2D eigenvalue weighted by Crippen LogP contribution is -2.42. The van der Waals surface area contributed by atoms with E-state index in [1.54, 1.807) is 11.3 Å². The SMILES string of the molecule is CN(C)CCN1C(=O)C[C@@H]2[C@@H]1CCN2C(=O)Cc1ccsc1. The normalized spacial score (nSPS) is 24.4. The molecule has 0 saturated carbocycles. The number of thiophene rings is 1. The van der Waals surface area contributed by atoms with E-state index >= 15 is 0 Å². The fourth-order valence-electron chi connectivity index (χ4n) is 3.51. The molecule has 6 heteroatoms. The van der Waals surface area contributed by atoms with Gasteiger partial charge in [0, 0.05) is 26.1 Å². The Kier molecular flexibility index (Phi) is 4.49. The fourth-order valence-corrected chi connectivity index (χ4v) is 4.17. The third kappa shape index (κ3) is 3.03. The summed E-state index contributed by atoms with van der Waals surface area (Å²) in [6.45, 7) is 2.42. The van der Waals surface area contributed by atoms with E-state index in [1.165, 1.54) is 0 Å². The highest BCUT2D eigenvalue weighted by Crippen LogP contribution is 2.32. The van der Waals surface area contributed by atoms with E-state index in [-0.39, 0.29) is 23.9 Å². The molecule has 3 rings (SSSR count). The molecule has 2 amide bonds. The van der Waals surface area contributed by atoms with Gasteiger partial charge in [-0.05, 0) is 42.9 Å². The minimum absolute atomic E-state index is 0.0841. The van der Waals surface area contributed by atoms with Crippen LogP contribution in [0.15, 0.2) is 16.8 Å². The Morgan fingerprint density at radius 3 is 2.91 bits per heavy atom. The summed E-state index contributed by atoms with van der Waals surface area (Å²) in [6, 6.07) is 2.30. The van der Waals surface area contributed by atoms with Crippen LogP contribution >= 0.6 is 11.3 Å². The molecule has 2 saturated heterocycles. The number of nitrogens with zero attached hydrogens (tertiary/aromatic N) is 3. The van der Waals surface area contributed by atoms with Crippen LogP contribution in [0, 0.1) is 0 Å². The predicted molar refractivity (Wildman–Crippen MR) is 86.8 cm³/mol. The molecule has 120 valence electrons.